The maximum Gasteiger partial charge on any atom is 0.137 e. The molecular weight excluding hydrogens is 393 g/mol. The normalized spacial score (nSPS) is 12.4. The fraction of sp³-hybridized carbons (Fsp3) is 0.182. The van der Waals surface area contributed by atoms with E-state index in [1.165, 1.54) is 17.1 Å². The van der Waals surface area contributed by atoms with E-state index in [1.807, 2.05) is 24.3 Å². The SMILES string of the molecule is Clc1ccc(C(COCc2ccc3ccccc3c2)Cn2cncn2)c(Cl)c1. The van der Waals surface area contributed by atoms with E-state index in [0.29, 0.717) is 29.8 Å². The lowest BCUT2D eigenvalue weighted by Gasteiger charge is -2.19. The Morgan fingerprint density at radius 2 is 1.82 bits per heavy atom. The van der Waals surface area contributed by atoms with Crippen molar-refractivity contribution in [2.75, 3.05) is 6.61 Å². The van der Waals surface area contributed by atoms with Gasteiger partial charge in [-0.05, 0) is 40.1 Å². The van der Waals surface area contributed by atoms with Gasteiger partial charge >= 0.3 is 0 Å². The van der Waals surface area contributed by atoms with Crippen LogP contribution in [0.2, 0.25) is 10.0 Å². The average Bonchev–Trinajstić information content (AvgIpc) is 3.20. The molecule has 0 aliphatic heterocycles. The van der Waals surface area contributed by atoms with Crippen LogP contribution in [0.1, 0.15) is 17.0 Å². The van der Waals surface area contributed by atoms with E-state index in [4.69, 9.17) is 27.9 Å². The van der Waals surface area contributed by atoms with Crippen LogP contribution in [0.5, 0.6) is 0 Å². The van der Waals surface area contributed by atoms with Gasteiger partial charge in [0.15, 0.2) is 0 Å². The van der Waals surface area contributed by atoms with Crippen LogP contribution in [0.3, 0.4) is 0 Å². The smallest absolute Gasteiger partial charge is 0.137 e. The van der Waals surface area contributed by atoms with E-state index in [0.717, 1.165) is 11.1 Å². The van der Waals surface area contributed by atoms with E-state index in [1.54, 1.807) is 17.1 Å². The van der Waals surface area contributed by atoms with Crippen molar-refractivity contribution in [1.82, 2.24) is 14.8 Å². The number of nitrogens with zero attached hydrogens (tertiary/aromatic N) is 3. The van der Waals surface area contributed by atoms with Crippen LogP contribution in [0, 0.1) is 0 Å². The minimum absolute atomic E-state index is 0.0342. The van der Waals surface area contributed by atoms with Crippen LogP contribution < -0.4 is 0 Å². The second-order valence-corrected chi connectivity index (χ2v) is 7.52. The molecule has 0 fully saturated rings. The summed E-state index contributed by atoms with van der Waals surface area (Å²) >= 11 is 12.5. The van der Waals surface area contributed by atoms with Gasteiger partial charge in [-0.15, -0.1) is 0 Å². The molecule has 0 saturated heterocycles. The van der Waals surface area contributed by atoms with E-state index in [2.05, 4.69) is 40.4 Å². The fourth-order valence-corrected chi connectivity index (χ4v) is 3.84. The first-order valence-electron chi connectivity index (χ1n) is 9.02. The van der Waals surface area contributed by atoms with Gasteiger partial charge in [0.05, 0.1) is 19.8 Å². The molecule has 3 aromatic carbocycles. The second-order valence-electron chi connectivity index (χ2n) is 6.68. The van der Waals surface area contributed by atoms with Crippen LogP contribution >= 0.6 is 23.2 Å². The molecule has 0 bridgehead atoms. The minimum atomic E-state index is 0.0342. The summed E-state index contributed by atoms with van der Waals surface area (Å²) < 4.78 is 7.85. The van der Waals surface area contributed by atoms with Crippen molar-refractivity contribution in [3.05, 3.63) is 94.5 Å². The van der Waals surface area contributed by atoms with Gasteiger partial charge < -0.3 is 4.74 Å². The molecule has 0 amide bonds. The third-order valence-corrected chi connectivity index (χ3v) is 5.24. The summed E-state index contributed by atoms with van der Waals surface area (Å²) in [5.74, 6) is 0.0342. The number of fused-ring (bicyclic) bond motifs is 1. The van der Waals surface area contributed by atoms with Gasteiger partial charge in [-0.3, -0.25) is 4.68 Å². The summed E-state index contributed by atoms with van der Waals surface area (Å²) in [7, 11) is 0. The first-order valence-corrected chi connectivity index (χ1v) is 9.77. The van der Waals surface area contributed by atoms with Gasteiger partial charge in [0, 0.05) is 16.0 Å². The maximum absolute atomic E-state index is 6.44. The summed E-state index contributed by atoms with van der Waals surface area (Å²) in [6, 6.07) is 20.3. The van der Waals surface area contributed by atoms with E-state index in [-0.39, 0.29) is 5.92 Å². The van der Waals surface area contributed by atoms with Gasteiger partial charge in [0.25, 0.3) is 0 Å². The van der Waals surface area contributed by atoms with Gasteiger partial charge in [-0.25, -0.2) is 4.98 Å². The topological polar surface area (TPSA) is 39.9 Å². The van der Waals surface area contributed by atoms with Crippen LogP contribution in [0.15, 0.2) is 73.3 Å². The quantitative estimate of drug-likeness (QED) is 0.389. The highest BCUT2D eigenvalue weighted by molar-refractivity contribution is 6.35. The molecule has 1 aromatic heterocycles. The zero-order valence-electron chi connectivity index (χ0n) is 15.1. The van der Waals surface area contributed by atoms with Gasteiger partial charge in [-0.2, -0.15) is 5.10 Å². The molecule has 0 saturated carbocycles. The zero-order chi connectivity index (χ0) is 19.3. The molecule has 6 heteroatoms. The van der Waals surface area contributed by atoms with Crippen LogP contribution in [-0.2, 0) is 17.9 Å². The summed E-state index contributed by atoms with van der Waals surface area (Å²) in [6.07, 6.45) is 3.22. The molecule has 1 unspecified atom stereocenters. The number of benzene rings is 3. The molecule has 1 atom stereocenters. The van der Waals surface area contributed by atoms with Crippen molar-refractivity contribution in [3.8, 4) is 0 Å². The third-order valence-electron chi connectivity index (χ3n) is 4.68. The Balaban J connectivity index is 1.48. The molecule has 0 spiro atoms. The fourth-order valence-electron chi connectivity index (χ4n) is 3.27. The molecule has 4 rings (SSSR count). The highest BCUT2D eigenvalue weighted by Gasteiger charge is 2.17. The van der Waals surface area contributed by atoms with E-state index in [9.17, 15) is 0 Å². The van der Waals surface area contributed by atoms with Crippen LogP contribution in [0.4, 0.5) is 0 Å². The van der Waals surface area contributed by atoms with Crippen molar-refractivity contribution in [1.29, 1.82) is 0 Å². The van der Waals surface area contributed by atoms with E-state index < -0.39 is 0 Å². The number of aromatic nitrogens is 3. The highest BCUT2D eigenvalue weighted by Crippen LogP contribution is 2.29. The Morgan fingerprint density at radius 3 is 2.61 bits per heavy atom. The molecular formula is C22H19Cl2N3O. The van der Waals surface area contributed by atoms with E-state index >= 15 is 0 Å². The molecule has 0 radical (unpaired) electrons. The molecule has 142 valence electrons. The molecule has 0 N–H and O–H groups in total. The first kappa shape index (κ1) is 18.9. The van der Waals surface area contributed by atoms with Crippen LogP contribution in [0.25, 0.3) is 10.8 Å². The maximum atomic E-state index is 6.44. The number of rotatable bonds is 7. The standard InChI is InChI=1S/C22H19Cl2N3O/c23-20-7-8-21(22(24)10-20)19(11-27-15-25-14-26-27)13-28-12-16-5-6-17-3-1-2-4-18(17)9-16/h1-10,14-15,19H,11-13H2. The Kier molecular flexibility index (Phi) is 5.91. The lowest BCUT2D eigenvalue weighted by molar-refractivity contribution is 0.102. The number of hydrogen-bond acceptors (Lipinski definition) is 3. The van der Waals surface area contributed by atoms with Crippen molar-refractivity contribution < 1.29 is 4.74 Å². The lowest BCUT2D eigenvalue weighted by atomic mass is 10.00. The summed E-state index contributed by atoms with van der Waals surface area (Å²) in [5.41, 5.74) is 2.13. The van der Waals surface area contributed by atoms with Crippen molar-refractivity contribution in [2.24, 2.45) is 0 Å². The average molecular weight is 412 g/mol. The lowest BCUT2D eigenvalue weighted by Crippen LogP contribution is -2.16. The first-order chi connectivity index (χ1) is 13.7. The van der Waals surface area contributed by atoms with Crippen molar-refractivity contribution in [2.45, 2.75) is 19.1 Å². The minimum Gasteiger partial charge on any atom is -0.376 e. The molecule has 1 heterocycles. The second kappa shape index (κ2) is 8.74. The van der Waals surface area contributed by atoms with Gasteiger partial charge in [0.1, 0.15) is 12.7 Å². The zero-order valence-corrected chi connectivity index (χ0v) is 16.6. The number of ether oxygens (including phenoxy) is 1. The van der Waals surface area contributed by atoms with Crippen LogP contribution in [-0.4, -0.2) is 21.4 Å². The van der Waals surface area contributed by atoms with Crippen molar-refractivity contribution >= 4 is 34.0 Å². The number of hydrogen-bond donors (Lipinski definition) is 0. The molecule has 0 aliphatic rings. The predicted molar refractivity (Wildman–Crippen MR) is 113 cm³/mol. The Morgan fingerprint density at radius 1 is 0.964 bits per heavy atom. The summed E-state index contributed by atoms with van der Waals surface area (Å²) in [5, 5.41) is 7.89. The van der Waals surface area contributed by atoms with Gasteiger partial charge in [0.2, 0.25) is 0 Å². The Hall–Kier alpha value is -2.40. The monoisotopic (exact) mass is 411 g/mol. The molecule has 4 aromatic rings. The predicted octanol–water partition coefficient (Wildman–Crippen LogP) is 5.74. The third kappa shape index (κ3) is 4.53. The Labute approximate surface area is 173 Å². The summed E-state index contributed by atoms with van der Waals surface area (Å²) in [6.45, 7) is 1.66. The molecule has 4 nitrogen and oxygen atoms in total. The Bertz CT molecular complexity index is 1070. The van der Waals surface area contributed by atoms with Gasteiger partial charge in [-0.1, -0.05) is 65.7 Å². The summed E-state index contributed by atoms with van der Waals surface area (Å²) in [4.78, 5) is 4.02. The molecule has 28 heavy (non-hydrogen) atoms. The number of halogens is 2. The largest absolute Gasteiger partial charge is 0.376 e. The highest BCUT2D eigenvalue weighted by atomic mass is 35.5. The molecule has 0 aliphatic carbocycles. The van der Waals surface area contributed by atoms with Crippen molar-refractivity contribution in [3.63, 3.8) is 0 Å².